The van der Waals surface area contributed by atoms with E-state index in [1.165, 1.54) is 5.56 Å². The van der Waals surface area contributed by atoms with Gasteiger partial charge in [-0.2, -0.15) is 0 Å². The molecule has 7 heteroatoms. The van der Waals surface area contributed by atoms with E-state index in [0.29, 0.717) is 19.8 Å². The second kappa shape index (κ2) is 14.1. The molecule has 0 radical (unpaired) electrons. The van der Waals surface area contributed by atoms with Crippen LogP contribution in [0.25, 0.3) is 0 Å². The Morgan fingerprint density at radius 3 is 2.16 bits per heavy atom. The monoisotopic (exact) mass is 636 g/mol. The summed E-state index contributed by atoms with van der Waals surface area (Å²) in [6, 6.07) is 20.8. The predicted octanol–water partition coefficient (Wildman–Crippen LogP) is 8.40. The standard InChI is InChI=1S/C38H56O6Si/c1-9-31-32(42-31)25-37(5)33(43-45(7,8)36(2,3)4)24-35-38(6,44-37)34(40-27-29-19-14-11-15-20-29)23-30(41-35)21-16-22-39-26-28-17-12-10-13-18-28/h9-15,17-20,30-35H,1,16,21-27H2,2-8H3/t30-,31-,32-,33-,34-,35+,37+,38-/m0/s1. The first-order valence-corrected chi connectivity index (χ1v) is 19.8. The van der Waals surface area contributed by atoms with E-state index >= 15 is 0 Å². The molecule has 6 nitrogen and oxygen atoms in total. The van der Waals surface area contributed by atoms with E-state index in [4.69, 9.17) is 28.1 Å². The summed E-state index contributed by atoms with van der Waals surface area (Å²) in [6.45, 7) is 21.8. The van der Waals surface area contributed by atoms with E-state index in [1.807, 2.05) is 18.2 Å². The Balaban J connectivity index is 1.33. The number of ether oxygens (including phenoxy) is 5. The van der Waals surface area contributed by atoms with Crippen molar-refractivity contribution in [1.82, 2.24) is 0 Å². The molecule has 0 spiro atoms. The van der Waals surface area contributed by atoms with Crippen molar-refractivity contribution in [3.63, 3.8) is 0 Å². The van der Waals surface area contributed by atoms with Crippen LogP contribution in [-0.4, -0.2) is 62.8 Å². The van der Waals surface area contributed by atoms with Gasteiger partial charge in [0, 0.05) is 25.9 Å². The van der Waals surface area contributed by atoms with E-state index in [-0.39, 0.29) is 41.7 Å². The second-order valence-electron chi connectivity index (χ2n) is 15.2. The molecule has 8 atom stereocenters. The van der Waals surface area contributed by atoms with E-state index < -0.39 is 19.5 Å². The SMILES string of the molecule is C=C[C@@H]1O[C@H]1C[C@@]1(C)O[C@@]2(C)[C@@H](OCc3ccccc3)C[C@H](CCCOCc3ccccc3)O[C@@H]2C[C@@H]1O[Si](C)(C)C(C)(C)C. The molecule has 2 aromatic carbocycles. The van der Waals surface area contributed by atoms with Gasteiger partial charge in [0.15, 0.2) is 8.32 Å². The highest BCUT2D eigenvalue weighted by atomic mass is 28.4. The van der Waals surface area contributed by atoms with Crippen molar-refractivity contribution in [3.05, 3.63) is 84.4 Å². The van der Waals surface area contributed by atoms with Gasteiger partial charge in [0.1, 0.15) is 11.7 Å². The minimum Gasteiger partial charge on any atom is -0.411 e. The average Bonchev–Trinajstić information content (AvgIpc) is 3.74. The Kier molecular flexibility index (Phi) is 10.8. The fourth-order valence-electron chi connectivity index (χ4n) is 6.71. The van der Waals surface area contributed by atoms with Gasteiger partial charge in [-0.1, -0.05) is 87.5 Å². The average molecular weight is 637 g/mol. The quantitative estimate of drug-likeness (QED) is 0.0899. The summed E-state index contributed by atoms with van der Waals surface area (Å²) in [5.41, 5.74) is 1.17. The van der Waals surface area contributed by atoms with Crippen molar-refractivity contribution in [2.24, 2.45) is 0 Å². The fourth-order valence-corrected chi connectivity index (χ4v) is 8.12. The zero-order chi connectivity index (χ0) is 32.3. The van der Waals surface area contributed by atoms with Gasteiger partial charge in [0.05, 0.1) is 49.3 Å². The molecule has 0 bridgehead atoms. The topological polar surface area (TPSA) is 58.7 Å². The van der Waals surface area contributed by atoms with Crippen LogP contribution in [0.15, 0.2) is 73.3 Å². The summed E-state index contributed by atoms with van der Waals surface area (Å²) in [6.07, 6.45) is 5.85. The highest BCUT2D eigenvalue weighted by molar-refractivity contribution is 6.74. The lowest BCUT2D eigenvalue weighted by Crippen LogP contribution is -2.70. The van der Waals surface area contributed by atoms with Crippen molar-refractivity contribution in [2.75, 3.05) is 6.61 Å². The maximum atomic E-state index is 7.33. The van der Waals surface area contributed by atoms with Gasteiger partial charge in [0.25, 0.3) is 0 Å². The summed E-state index contributed by atoms with van der Waals surface area (Å²) in [7, 11) is -2.11. The van der Waals surface area contributed by atoms with Crippen LogP contribution in [0.4, 0.5) is 0 Å². The fraction of sp³-hybridized carbons (Fsp3) is 0.632. The molecule has 3 saturated heterocycles. The van der Waals surface area contributed by atoms with Crippen LogP contribution >= 0.6 is 0 Å². The van der Waals surface area contributed by atoms with Gasteiger partial charge in [-0.15, -0.1) is 6.58 Å². The van der Waals surface area contributed by atoms with Crippen LogP contribution in [0.2, 0.25) is 18.1 Å². The maximum Gasteiger partial charge on any atom is 0.192 e. The van der Waals surface area contributed by atoms with E-state index in [0.717, 1.165) is 37.7 Å². The summed E-state index contributed by atoms with van der Waals surface area (Å²) in [5, 5.41) is 0.0748. The number of benzene rings is 2. The van der Waals surface area contributed by atoms with Crippen molar-refractivity contribution in [2.45, 2.75) is 146 Å². The zero-order valence-electron chi connectivity index (χ0n) is 28.6. The molecule has 0 aliphatic carbocycles. The molecule has 5 rings (SSSR count). The summed E-state index contributed by atoms with van der Waals surface area (Å²) in [5.74, 6) is 0. The Bertz CT molecular complexity index is 1230. The van der Waals surface area contributed by atoms with Crippen molar-refractivity contribution < 1.29 is 28.1 Å². The minimum atomic E-state index is -2.11. The van der Waals surface area contributed by atoms with E-state index in [1.54, 1.807) is 0 Å². The first kappa shape index (κ1) is 34.5. The van der Waals surface area contributed by atoms with Gasteiger partial charge in [-0.05, 0) is 55.9 Å². The first-order chi connectivity index (χ1) is 21.3. The molecule has 0 N–H and O–H groups in total. The molecule has 248 valence electrons. The van der Waals surface area contributed by atoms with Crippen molar-refractivity contribution in [3.8, 4) is 0 Å². The lowest BCUT2D eigenvalue weighted by molar-refractivity contribution is -0.333. The second-order valence-corrected chi connectivity index (χ2v) is 20.0. The van der Waals surface area contributed by atoms with Crippen LogP contribution < -0.4 is 0 Å². The molecular formula is C38H56O6Si. The molecule has 3 aliphatic heterocycles. The van der Waals surface area contributed by atoms with E-state index in [9.17, 15) is 0 Å². The number of hydrogen-bond acceptors (Lipinski definition) is 6. The first-order valence-electron chi connectivity index (χ1n) is 16.9. The van der Waals surface area contributed by atoms with Gasteiger partial charge in [0.2, 0.25) is 0 Å². The third kappa shape index (κ3) is 8.36. The normalized spacial score (nSPS) is 33.4. The van der Waals surface area contributed by atoms with Gasteiger partial charge in [-0.3, -0.25) is 0 Å². The third-order valence-electron chi connectivity index (χ3n) is 10.6. The predicted molar refractivity (Wildman–Crippen MR) is 182 cm³/mol. The Labute approximate surface area is 272 Å². The number of hydrogen-bond donors (Lipinski definition) is 0. The maximum absolute atomic E-state index is 7.33. The molecule has 3 fully saturated rings. The lowest BCUT2D eigenvalue weighted by atomic mass is 9.74. The van der Waals surface area contributed by atoms with Crippen LogP contribution in [0.1, 0.15) is 77.8 Å². The van der Waals surface area contributed by atoms with Gasteiger partial charge in [-0.25, -0.2) is 0 Å². The summed E-state index contributed by atoms with van der Waals surface area (Å²) < 4.78 is 40.3. The Hall–Kier alpha value is -1.84. The number of fused-ring (bicyclic) bond motifs is 1. The Morgan fingerprint density at radius 2 is 1.56 bits per heavy atom. The molecule has 0 saturated carbocycles. The summed E-state index contributed by atoms with van der Waals surface area (Å²) >= 11 is 0. The molecule has 0 amide bonds. The molecule has 0 unspecified atom stereocenters. The Morgan fingerprint density at radius 1 is 0.911 bits per heavy atom. The molecule has 3 heterocycles. The van der Waals surface area contributed by atoms with Crippen LogP contribution in [0, 0.1) is 0 Å². The smallest absolute Gasteiger partial charge is 0.192 e. The zero-order valence-corrected chi connectivity index (χ0v) is 29.6. The van der Waals surface area contributed by atoms with Gasteiger partial charge >= 0.3 is 0 Å². The minimum absolute atomic E-state index is 0.0579. The molecule has 3 aliphatic rings. The molecule has 0 aromatic heterocycles. The van der Waals surface area contributed by atoms with Gasteiger partial charge < -0.3 is 28.1 Å². The number of rotatable bonds is 14. The highest BCUT2D eigenvalue weighted by Gasteiger charge is 2.62. The lowest BCUT2D eigenvalue weighted by Gasteiger charge is -2.59. The van der Waals surface area contributed by atoms with Crippen LogP contribution in [-0.2, 0) is 41.3 Å². The van der Waals surface area contributed by atoms with E-state index in [2.05, 4.69) is 103 Å². The largest absolute Gasteiger partial charge is 0.411 e. The third-order valence-corrected chi connectivity index (χ3v) is 15.1. The van der Waals surface area contributed by atoms with Crippen LogP contribution in [0.3, 0.4) is 0 Å². The van der Waals surface area contributed by atoms with Crippen molar-refractivity contribution in [1.29, 1.82) is 0 Å². The van der Waals surface area contributed by atoms with Crippen molar-refractivity contribution >= 4 is 8.32 Å². The molecule has 45 heavy (non-hydrogen) atoms. The molecular weight excluding hydrogens is 580 g/mol. The molecule has 2 aromatic rings. The number of epoxide rings is 1. The summed E-state index contributed by atoms with van der Waals surface area (Å²) in [4.78, 5) is 0. The highest BCUT2D eigenvalue weighted by Crippen LogP contribution is 2.51. The van der Waals surface area contributed by atoms with Crippen LogP contribution in [0.5, 0.6) is 0 Å².